The normalized spacial score (nSPS) is 16.4. The van der Waals surface area contributed by atoms with E-state index in [1.165, 1.54) is 18.4 Å². The summed E-state index contributed by atoms with van der Waals surface area (Å²) in [4.78, 5) is 2.49. The van der Waals surface area contributed by atoms with Crippen LogP contribution in [0.1, 0.15) is 25.3 Å². The predicted octanol–water partition coefficient (Wildman–Crippen LogP) is 2.52. The van der Waals surface area contributed by atoms with Crippen LogP contribution in [0.5, 0.6) is 5.75 Å². The van der Waals surface area contributed by atoms with E-state index in [2.05, 4.69) is 17.9 Å². The Kier molecular flexibility index (Phi) is 5.26. The molecule has 0 spiro atoms. The van der Waals surface area contributed by atoms with Crippen LogP contribution in [0.25, 0.3) is 0 Å². The highest BCUT2D eigenvalue weighted by Crippen LogP contribution is 2.35. The van der Waals surface area contributed by atoms with Crippen LogP contribution in [0.2, 0.25) is 0 Å². The number of rotatable bonds is 8. The standard InChI is InChI=1S/C16H26N2O2/c1-12(14-5-6-14)18(8-9-19-2)11-13-4-7-16(20-3)15(17)10-13/h4,7,10,12,14H,5-6,8-9,11,17H2,1-3H3. The topological polar surface area (TPSA) is 47.7 Å². The summed E-state index contributed by atoms with van der Waals surface area (Å²) in [5.41, 5.74) is 7.92. The third-order valence-corrected chi connectivity index (χ3v) is 4.14. The smallest absolute Gasteiger partial charge is 0.141 e. The molecular weight excluding hydrogens is 252 g/mol. The van der Waals surface area contributed by atoms with Crippen molar-refractivity contribution in [2.24, 2.45) is 5.92 Å². The summed E-state index contributed by atoms with van der Waals surface area (Å²) in [6.07, 6.45) is 2.71. The first-order valence-corrected chi connectivity index (χ1v) is 7.31. The molecule has 112 valence electrons. The van der Waals surface area contributed by atoms with Gasteiger partial charge in [0.2, 0.25) is 0 Å². The summed E-state index contributed by atoms with van der Waals surface area (Å²) < 4.78 is 10.4. The zero-order valence-corrected chi connectivity index (χ0v) is 12.8. The van der Waals surface area contributed by atoms with Gasteiger partial charge in [0.25, 0.3) is 0 Å². The molecule has 0 saturated heterocycles. The molecule has 1 aromatic carbocycles. The lowest BCUT2D eigenvalue weighted by Gasteiger charge is -2.29. The molecule has 0 radical (unpaired) electrons. The Bertz CT molecular complexity index is 432. The first kappa shape index (κ1) is 15.1. The van der Waals surface area contributed by atoms with Crippen molar-refractivity contribution in [3.05, 3.63) is 23.8 Å². The monoisotopic (exact) mass is 278 g/mol. The van der Waals surface area contributed by atoms with Crippen LogP contribution in [-0.4, -0.2) is 38.3 Å². The van der Waals surface area contributed by atoms with Gasteiger partial charge in [-0.05, 0) is 43.4 Å². The molecule has 0 aliphatic heterocycles. The van der Waals surface area contributed by atoms with E-state index in [4.69, 9.17) is 15.2 Å². The van der Waals surface area contributed by atoms with Crippen LogP contribution in [0, 0.1) is 5.92 Å². The SMILES string of the molecule is COCCN(Cc1ccc(OC)c(N)c1)C(C)C1CC1. The summed E-state index contributed by atoms with van der Waals surface area (Å²) in [7, 11) is 3.40. The zero-order valence-electron chi connectivity index (χ0n) is 12.8. The fourth-order valence-corrected chi connectivity index (χ4v) is 2.63. The van der Waals surface area contributed by atoms with Gasteiger partial charge in [-0.2, -0.15) is 0 Å². The fourth-order valence-electron chi connectivity index (χ4n) is 2.63. The molecule has 1 saturated carbocycles. The minimum atomic E-state index is 0.605. The van der Waals surface area contributed by atoms with Crippen LogP contribution < -0.4 is 10.5 Å². The lowest BCUT2D eigenvalue weighted by atomic mass is 10.1. The molecule has 0 amide bonds. The second-order valence-corrected chi connectivity index (χ2v) is 5.62. The average Bonchev–Trinajstić information content (AvgIpc) is 3.27. The average molecular weight is 278 g/mol. The van der Waals surface area contributed by atoms with E-state index < -0.39 is 0 Å². The van der Waals surface area contributed by atoms with E-state index in [1.807, 2.05) is 12.1 Å². The van der Waals surface area contributed by atoms with Gasteiger partial charge in [-0.3, -0.25) is 4.90 Å². The van der Waals surface area contributed by atoms with Gasteiger partial charge in [0, 0.05) is 26.2 Å². The van der Waals surface area contributed by atoms with Gasteiger partial charge in [-0.1, -0.05) is 6.07 Å². The molecule has 2 rings (SSSR count). The molecule has 0 heterocycles. The Morgan fingerprint density at radius 1 is 1.35 bits per heavy atom. The molecule has 4 nitrogen and oxygen atoms in total. The van der Waals surface area contributed by atoms with E-state index in [0.717, 1.165) is 31.4 Å². The van der Waals surface area contributed by atoms with Gasteiger partial charge < -0.3 is 15.2 Å². The minimum Gasteiger partial charge on any atom is -0.495 e. The molecule has 1 atom stereocenters. The molecule has 1 aromatic rings. The van der Waals surface area contributed by atoms with Crippen molar-refractivity contribution < 1.29 is 9.47 Å². The van der Waals surface area contributed by atoms with Crippen molar-refractivity contribution in [1.29, 1.82) is 0 Å². The molecule has 1 aliphatic rings. The number of nitrogens with zero attached hydrogens (tertiary/aromatic N) is 1. The fraction of sp³-hybridized carbons (Fsp3) is 0.625. The van der Waals surface area contributed by atoms with Crippen LogP contribution in [0.15, 0.2) is 18.2 Å². The molecule has 1 unspecified atom stereocenters. The molecule has 0 aromatic heterocycles. The summed E-state index contributed by atoms with van der Waals surface area (Å²) in [6.45, 7) is 4.96. The summed E-state index contributed by atoms with van der Waals surface area (Å²) >= 11 is 0. The number of benzene rings is 1. The van der Waals surface area contributed by atoms with Gasteiger partial charge in [0.1, 0.15) is 5.75 Å². The minimum absolute atomic E-state index is 0.605. The van der Waals surface area contributed by atoms with Gasteiger partial charge in [-0.25, -0.2) is 0 Å². The van der Waals surface area contributed by atoms with Gasteiger partial charge in [-0.15, -0.1) is 0 Å². The quantitative estimate of drug-likeness (QED) is 0.742. The molecule has 2 N–H and O–H groups in total. The maximum absolute atomic E-state index is 5.99. The zero-order chi connectivity index (χ0) is 14.5. The summed E-state index contributed by atoms with van der Waals surface area (Å²) in [5, 5.41) is 0. The van der Waals surface area contributed by atoms with Crippen molar-refractivity contribution in [2.75, 3.05) is 33.1 Å². The van der Waals surface area contributed by atoms with Gasteiger partial charge in [0.15, 0.2) is 0 Å². The lowest BCUT2D eigenvalue weighted by Crippen LogP contribution is -2.36. The van der Waals surface area contributed by atoms with E-state index in [1.54, 1.807) is 14.2 Å². The molecule has 4 heteroatoms. The Labute approximate surface area is 121 Å². The third-order valence-electron chi connectivity index (χ3n) is 4.14. The van der Waals surface area contributed by atoms with Crippen molar-refractivity contribution >= 4 is 5.69 Å². The lowest BCUT2D eigenvalue weighted by molar-refractivity contribution is 0.111. The highest BCUT2D eigenvalue weighted by Gasteiger charge is 2.31. The number of nitrogens with two attached hydrogens (primary N) is 1. The van der Waals surface area contributed by atoms with Crippen molar-refractivity contribution in [3.63, 3.8) is 0 Å². The summed E-state index contributed by atoms with van der Waals surface area (Å²) in [5.74, 6) is 1.59. The van der Waals surface area contributed by atoms with Crippen LogP contribution in [0.3, 0.4) is 0 Å². The molecule has 0 bridgehead atoms. The van der Waals surface area contributed by atoms with Crippen LogP contribution in [-0.2, 0) is 11.3 Å². The number of ether oxygens (including phenoxy) is 2. The number of hydrogen-bond acceptors (Lipinski definition) is 4. The Morgan fingerprint density at radius 2 is 2.10 bits per heavy atom. The number of hydrogen-bond donors (Lipinski definition) is 1. The number of anilines is 1. The molecule has 20 heavy (non-hydrogen) atoms. The maximum atomic E-state index is 5.99. The molecular formula is C16H26N2O2. The third kappa shape index (κ3) is 3.87. The van der Waals surface area contributed by atoms with E-state index in [0.29, 0.717) is 11.7 Å². The highest BCUT2D eigenvalue weighted by atomic mass is 16.5. The molecule has 1 fully saturated rings. The van der Waals surface area contributed by atoms with Crippen molar-refractivity contribution in [2.45, 2.75) is 32.4 Å². The number of nitrogen functional groups attached to an aromatic ring is 1. The Morgan fingerprint density at radius 3 is 2.65 bits per heavy atom. The largest absolute Gasteiger partial charge is 0.495 e. The van der Waals surface area contributed by atoms with Crippen molar-refractivity contribution in [1.82, 2.24) is 4.90 Å². The van der Waals surface area contributed by atoms with E-state index in [9.17, 15) is 0 Å². The van der Waals surface area contributed by atoms with E-state index in [-0.39, 0.29) is 0 Å². The maximum Gasteiger partial charge on any atom is 0.141 e. The van der Waals surface area contributed by atoms with Crippen LogP contribution >= 0.6 is 0 Å². The van der Waals surface area contributed by atoms with E-state index >= 15 is 0 Å². The first-order valence-electron chi connectivity index (χ1n) is 7.31. The molecule has 1 aliphatic carbocycles. The second-order valence-electron chi connectivity index (χ2n) is 5.62. The van der Waals surface area contributed by atoms with Gasteiger partial charge >= 0.3 is 0 Å². The Balaban J connectivity index is 2.03. The highest BCUT2D eigenvalue weighted by molar-refractivity contribution is 5.54. The second kappa shape index (κ2) is 6.95. The number of methoxy groups -OCH3 is 2. The Hall–Kier alpha value is -1.26. The first-order chi connectivity index (χ1) is 9.65. The van der Waals surface area contributed by atoms with Crippen LogP contribution in [0.4, 0.5) is 5.69 Å². The van der Waals surface area contributed by atoms with Gasteiger partial charge in [0.05, 0.1) is 19.4 Å². The van der Waals surface area contributed by atoms with Crippen molar-refractivity contribution in [3.8, 4) is 5.75 Å². The predicted molar refractivity (Wildman–Crippen MR) is 81.9 cm³/mol. The summed E-state index contributed by atoms with van der Waals surface area (Å²) in [6, 6.07) is 6.65.